The Morgan fingerprint density at radius 3 is 2.79 bits per heavy atom. The van der Waals surface area contributed by atoms with Crippen molar-refractivity contribution >= 4 is 5.97 Å². The van der Waals surface area contributed by atoms with Crippen LogP contribution in [0.5, 0.6) is 0 Å². The molecular formula is C19H24O5. The molecule has 0 N–H and O–H groups in total. The minimum absolute atomic E-state index is 0.0171. The Morgan fingerprint density at radius 2 is 2.12 bits per heavy atom. The van der Waals surface area contributed by atoms with Crippen LogP contribution < -0.4 is 0 Å². The highest BCUT2D eigenvalue weighted by atomic mass is 16.6. The summed E-state index contributed by atoms with van der Waals surface area (Å²) < 4.78 is 24.4. The largest absolute Gasteiger partial charge is 0.458 e. The van der Waals surface area contributed by atoms with Crippen LogP contribution in [0, 0.1) is 10.8 Å². The molecule has 1 spiro atoms. The number of epoxide rings is 2. The second-order valence-corrected chi connectivity index (χ2v) is 8.26. The molecule has 3 saturated heterocycles. The van der Waals surface area contributed by atoms with E-state index in [0.29, 0.717) is 13.0 Å². The van der Waals surface area contributed by atoms with Gasteiger partial charge in [0.1, 0.15) is 17.8 Å². The average molecular weight is 332 g/mol. The zero-order valence-electron chi connectivity index (χ0n) is 14.6. The number of rotatable bonds is 2. The number of hydrogen-bond acceptors (Lipinski definition) is 5. The monoisotopic (exact) mass is 332 g/mol. The van der Waals surface area contributed by atoms with Crippen molar-refractivity contribution in [3.05, 3.63) is 23.8 Å². The minimum atomic E-state index is -0.339. The number of fused-ring (bicyclic) bond motifs is 4. The van der Waals surface area contributed by atoms with E-state index in [1.54, 1.807) is 6.08 Å². The smallest absolute Gasteiger partial charge is 0.330 e. The lowest BCUT2D eigenvalue weighted by Crippen LogP contribution is -2.66. The second kappa shape index (κ2) is 4.32. The van der Waals surface area contributed by atoms with E-state index >= 15 is 0 Å². The Hall–Kier alpha value is -1.17. The quantitative estimate of drug-likeness (QED) is 0.336. The van der Waals surface area contributed by atoms with Gasteiger partial charge in [-0.15, -0.1) is 0 Å². The van der Waals surface area contributed by atoms with Gasteiger partial charge >= 0.3 is 5.97 Å². The maximum absolute atomic E-state index is 12.1. The Labute approximate surface area is 142 Å². The molecule has 3 aliphatic heterocycles. The van der Waals surface area contributed by atoms with Gasteiger partial charge in [0.25, 0.3) is 0 Å². The highest BCUT2D eigenvalue weighted by Gasteiger charge is 2.85. The predicted octanol–water partition coefficient (Wildman–Crippen LogP) is 2.15. The van der Waals surface area contributed by atoms with E-state index in [-0.39, 0.29) is 52.9 Å². The van der Waals surface area contributed by atoms with Crippen LogP contribution in [0.1, 0.15) is 34.1 Å². The molecule has 0 aromatic carbocycles. The maximum atomic E-state index is 12.1. The summed E-state index contributed by atoms with van der Waals surface area (Å²) in [5, 5.41) is 0. The zero-order chi connectivity index (χ0) is 16.9. The molecule has 5 aliphatic rings. The lowest BCUT2D eigenvalue weighted by atomic mass is 9.52. The van der Waals surface area contributed by atoms with Gasteiger partial charge in [0.2, 0.25) is 0 Å². The van der Waals surface area contributed by atoms with Gasteiger partial charge in [0.05, 0.1) is 24.9 Å². The van der Waals surface area contributed by atoms with Gasteiger partial charge in [0, 0.05) is 23.3 Å². The molecule has 0 aromatic heterocycles. The van der Waals surface area contributed by atoms with Gasteiger partial charge in [-0.1, -0.05) is 26.0 Å². The summed E-state index contributed by atoms with van der Waals surface area (Å²) in [4.78, 5) is 12.1. The molecule has 5 nitrogen and oxygen atoms in total. The third-order valence-corrected chi connectivity index (χ3v) is 7.45. The van der Waals surface area contributed by atoms with Crippen molar-refractivity contribution in [2.75, 3.05) is 6.61 Å². The van der Waals surface area contributed by atoms with Crippen LogP contribution in [0.3, 0.4) is 0 Å². The van der Waals surface area contributed by atoms with Crippen LogP contribution in [0.25, 0.3) is 0 Å². The lowest BCUT2D eigenvalue weighted by molar-refractivity contribution is -0.212. The molecule has 1 saturated carbocycles. The van der Waals surface area contributed by atoms with Gasteiger partial charge in [-0.05, 0) is 19.4 Å². The van der Waals surface area contributed by atoms with E-state index in [1.807, 2.05) is 6.92 Å². The lowest BCUT2D eigenvalue weighted by Gasteiger charge is -2.56. The Morgan fingerprint density at radius 1 is 1.38 bits per heavy atom. The number of carbonyl (C=O) groups is 1. The number of carbonyl (C=O) groups excluding carboxylic acids is 1. The summed E-state index contributed by atoms with van der Waals surface area (Å²) in [6.45, 7) is 9.05. The minimum Gasteiger partial charge on any atom is -0.458 e. The molecule has 4 fully saturated rings. The van der Waals surface area contributed by atoms with E-state index in [0.717, 1.165) is 0 Å². The average Bonchev–Trinajstić information content (AvgIpc) is 3.40. The van der Waals surface area contributed by atoms with Crippen molar-refractivity contribution in [3.8, 4) is 0 Å². The van der Waals surface area contributed by atoms with Gasteiger partial charge < -0.3 is 18.9 Å². The SMILES string of the molecule is CC=CC(=O)OC1CC2OC3C=C(C)C4OC4C3(C)C1(C)C21CO1. The van der Waals surface area contributed by atoms with Gasteiger partial charge in [0.15, 0.2) is 0 Å². The normalized spacial score (nSPS) is 56.7. The van der Waals surface area contributed by atoms with E-state index in [2.05, 4.69) is 26.8 Å². The van der Waals surface area contributed by atoms with E-state index in [4.69, 9.17) is 18.9 Å². The van der Waals surface area contributed by atoms with Crippen LogP contribution in [0.4, 0.5) is 0 Å². The van der Waals surface area contributed by atoms with Crippen LogP contribution in [0.2, 0.25) is 0 Å². The fraction of sp³-hybridized carbons (Fsp3) is 0.737. The molecule has 8 unspecified atom stereocenters. The van der Waals surface area contributed by atoms with Gasteiger partial charge in [-0.2, -0.15) is 0 Å². The fourth-order valence-electron chi connectivity index (χ4n) is 5.77. The molecule has 3 heterocycles. The van der Waals surface area contributed by atoms with Gasteiger partial charge in [-0.3, -0.25) is 0 Å². The van der Waals surface area contributed by atoms with Crippen LogP contribution in [-0.4, -0.2) is 48.7 Å². The highest BCUT2D eigenvalue weighted by Crippen LogP contribution is 2.74. The summed E-state index contributed by atoms with van der Waals surface area (Å²) in [6, 6.07) is 0. The molecule has 2 aliphatic carbocycles. The molecule has 24 heavy (non-hydrogen) atoms. The number of hydrogen-bond donors (Lipinski definition) is 0. The van der Waals surface area contributed by atoms with Crippen molar-refractivity contribution in [1.29, 1.82) is 0 Å². The molecule has 5 rings (SSSR count). The third kappa shape index (κ3) is 1.46. The molecule has 8 atom stereocenters. The molecule has 0 aromatic rings. The van der Waals surface area contributed by atoms with Crippen molar-refractivity contribution in [2.24, 2.45) is 10.8 Å². The standard InChI is InChI=1S/C19H24O5/c1-5-6-14(20)23-12-8-13-19(9-21-19)18(12,4)17(3)11(22-13)7-10(2)15-16(17)24-15/h5-7,11-13,15-16H,8-9H2,1-4H3. The van der Waals surface area contributed by atoms with Gasteiger partial charge in [-0.25, -0.2) is 4.79 Å². The first kappa shape index (κ1) is 15.1. The molecule has 0 amide bonds. The number of allylic oxidation sites excluding steroid dienone is 1. The molecule has 2 bridgehead atoms. The number of esters is 1. The summed E-state index contributed by atoms with van der Waals surface area (Å²) >= 11 is 0. The Balaban J connectivity index is 1.60. The first-order chi connectivity index (χ1) is 11.4. The fourth-order valence-corrected chi connectivity index (χ4v) is 5.77. The second-order valence-electron chi connectivity index (χ2n) is 8.26. The van der Waals surface area contributed by atoms with Crippen molar-refractivity contribution in [3.63, 3.8) is 0 Å². The van der Waals surface area contributed by atoms with Crippen molar-refractivity contribution < 1.29 is 23.7 Å². The van der Waals surface area contributed by atoms with Crippen molar-refractivity contribution in [1.82, 2.24) is 0 Å². The highest BCUT2D eigenvalue weighted by molar-refractivity contribution is 5.82. The topological polar surface area (TPSA) is 60.6 Å². The maximum Gasteiger partial charge on any atom is 0.330 e. The predicted molar refractivity (Wildman–Crippen MR) is 85.3 cm³/mol. The Bertz CT molecular complexity index is 677. The Kier molecular flexibility index (Phi) is 2.72. The van der Waals surface area contributed by atoms with E-state index < -0.39 is 0 Å². The van der Waals surface area contributed by atoms with Crippen molar-refractivity contribution in [2.45, 2.75) is 70.2 Å². The summed E-state index contributed by atoms with van der Waals surface area (Å²) in [5.74, 6) is -0.289. The summed E-state index contributed by atoms with van der Waals surface area (Å²) in [7, 11) is 0. The molecule has 5 heteroatoms. The number of ether oxygens (including phenoxy) is 4. The first-order valence-electron chi connectivity index (χ1n) is 8.85. The van der Waals surface area contributed by atoms with E-state index in [9.17, 15) is 4.79 Å². The van der Waals surface area contributed by atoms with E-state index in [1.165, 1.54) is 11.6 Å². The molecule has 130 valence electrons. The summed E-state index contributed by atoms with van der Waals surface area (Å²) in [5.41, 5.74) is 0.332. The molecule has 0 radical (unpaired) electrons. The van der Waals surface area contributed by atoms with Crippen LogP contribution in [-0.2, 0) is 23.7 Å². The van der Waals surface area contributed by atoms with Crippen LogP contribution >= 0.6 is 0 Å². The third-order valence-electron chi connectivity index (χ3n) is 7.45. The summed E-state index contributed by atoms with van der Waals surface area (Å²) in [6.07, 6.45) is 6.12. The first-order valence-corrected chi connectivity index (χ1v) is 8.85. The zero-order valence-corrected chi connectivity index (χ0v) is 14.6. The molecular weight excluding hydrogens is 308 g/mol. The van der Waals surface area contributed by atoms with Crippen LogP contribution in [0.15, 0.2) is 23.8 Å².